The molecule has 0 bridgehead atoms. The number of carbonyl (C=O) groups is 1. The maximum absolute atomic E-state index is 13.1. The third kappa shape index (κ3) is 3.13. The smallest absolute Gasteiger partial charge is 0.227 e. The quantitative estimate of drug-likeness (QED) is 0.906. The minimum atomic E-state index is -0.275. The molecule has 2 heterocycles. The Labute approximate surface area is 124 Å². The summed E-state index contributed by atoms with van der Waals surface area (Å²) in [5.41, 5.74) is 1.06. The lowest BCUT2D eigenvalue weighted by molar-refractivity contribution is -0.129. The predicted molar refractivity (Wildman–Crippen MR) is 78.5 cm³/mol. The van der Waals surface area contributed by atoms with Gasteiger partial charge < -0.3 is 10.2 Å². The molecule has 0 saturated carbocycles. The number of nitrogens with one attached hydrogen (secondary N) is 1. The van der Waals surface area contributed by atoms with E-state index in [1.165, 1.54) is 12.1 Å². The second-order valence-electron chi connectivity index (χ2n) is 5.80. The van der Waals surface area contributed by atoms with Crippen LogP contribution in [0.3, 0.4) is 0 Å². The molecule has 0 aromatic heterocycles. The molecule has 3 rings (SSSR count). The number of hydrogen-bond donors (Lipinski definition) is 1. The molecular weight excluding hydrogens is 279 g/mol. The number of benzene rings is 1. The Morgan fingerprint density at radius 2 is 2.25 bits per heavy atom. The van der Waals surface area contributed by atoms with Gasteiger partial charge in [0.2, 0.25) is 5.91 Å². The van der Waals surface area contributed by atoms with Crippen LogP contribution in [0.1, 0.15) is 18.4 Å². The number of hydrogen-bond acceptors (Lipinski definition) is 2. The first-order valence-electron chi connectivity index (χ1n) is 6.90. The maximum atomic E-state index is 13.1. The van der Waals surface area contributed by atoms with Gasteiger partial charge in [0, 0.05) is 25.0 Å². The monoisotopic (exact) mass is 298 g/mol. The second-order valence-corrected chi connectivity index (χ2v) is 5.80. The van der Waals surface area contributed by atoms with Crippen molar-refractivity contribution in [2.24, 2.45) is 5.41 Å². The first kappa shape index (κ1) is 15.3. The second kappa shape index (κ2) is 6.10. The summed E-state index contributed by atoms with van der Waals surface area (Å²) in [6.45, 7) is 3.78. The average molecular weight is 299 g/mol. The Bertz CT molecular complexity index is 489. The Balaban J connectivity index is 0.00000147. The summed E-state index contributed by atoms with van der Waals surface area (Å²) in [5.74, 6) is -0.155. The van der Waals surface area contributed by atoms with Crippen molar-refractivity contribution in [1.29, 1.82) is 0 Å². The first-order valence-corrected chi connectivity index (χ1v) is 6.90. The average Bonchev–Trinajstić information content (AvgIpc) is 3.00. The molecule has 1 amide bonds. The molecule has 2 aliphatic rings. The summed E-state index contributed by atoms with van der Waals surface area (Å²) in [6, 6.07) is 6.32. The zero-order valence-electron chi connectivity index (χ0n) is 11.4. The number of likely N-dealkylation sites (tertiary alicyclic amines) is 1. The van der Waals surface area contributed by atoms with Crippen molar-refractivity contribution in [3.8, 4) is 0 Å². The number of carbonyl (C=O) groups excluding carboxylic acids is 1. The van der Waals surface area contributed by atoms with Crippen LogP contribution < -0.4 is 5.32 Å². The molecule has 5 heteroatoms. The van der Waals surface area contributed by atoms with E-state index in [1.807, 2.05) is 11.0 Å². The van der Waals surface area contributed by atoms with Crippen LogP contribution in [-0.2, 0) is 11.2 Å². The van der Waals surface area contributed by atoms with E-state index < -0.39 is 0 Å². The van der Waals surface area contributed by atoms with Gasteiger partial charge in [-0.15, -0.1) is 12.4 Å². The Morgan fingerprint density at radius 3 is 2.95 bits per heavy atom. The van der Waals surface area contributed by atoms with Crippen molar-refractivity contribution >= 4 is 18.3 Å². The zero-order valence-corrected chi connectivity index (χ0v) is 12.2. The molecule has 2 fully saturated rings. The van der Waals surface area contributed by atoms with E-state index in [9.17, 15) is 9.18 Å². The molecule has 0 aliphatic carbocycles. The Morgan fingerprint density at radius 1 is 1.40 bits per heavy atom. The number of halogens is 2. The van der Waals surface area contributed by atoms with E-state index in [-0.39, 0.29) is 24.1 Å². The molecule has 2 saturated heterocycles. The van der Waals surface area contributed by atoms with E-state index in [0.29, 0.717) is 11.8 Å². The van der Waals surface area contributed by atoms with Gasteiger partial charge in [0.1, 0.15) is 5.82 Å². The van der Waals surface area contributed by atoms with Crippen LogP contribution in [0.4, 0.5) is 4.39 Å². The lowest BCUT2D eigenvalue weighted by atomic mass is 9.86. The summed E-state index contributed by atoms with van der Waals surface area (Å²) in [4.78, 5) is 14.2. The predicted octanol–water partition coefficient (Wildman–Crippen LogP) is 2.00. The van der Waals surface area contributed by atoms with Crippen LogP contribution in [0, 0.1) is 11.2 Å². The molecule has 0 radical (unpaired) electrons. The highest BCUT2D eigenvalue weighted by Crippen LogP contribution is 2.36. The van der Waals surface area contributed by atoms with Crippen LogP contribution in [0.15, 0.2) is 24.3 Å². The van der Waals surface area contributed by atoms with Gasteiger partial charge in [-0.05, 0) is 37.1 Å². The van der Waals surface area contributed by atoms with Crippen molar-refractivity contribution in [1.82, 2.24) is 10.2 Å². The fourth-order valence-electron chi connectivity index (χ4n) is 3.23. The number of rotatable bonds is 2. The van der Waals surface area contributed by atoms with Crippen LogP contribution in [-0.4, -0.2) is 37.0 Å². The van der Waals surface area contributed by atoms with Crippen molar-refractivity contribution in [3.63, 3.8) is 0 Å². The molecule has 3 nitrogen and oxygen atoms in total. The molecule has 110 valence electrons. The highest BCUT2D eigenvalue weighted by molar-refractivity contribution is 5.85. The third-order valence-corrected chi connectivity index (χ3v) is 4.37. The van der Waals surface area contributed by atoms with E-state index in [2.05, 4.69) is 5.32 Å². The van der Waals surface area contributed by atoms with E-state index in [0.717, 1.165) is 44.6 Å². The summed E-state index contributed by atoms with van der Waals surface area (Å²) >= 11 is 0. The lowest BCUT2D eigenvalue weighted by Gasteiger charge is -2.22. The van der Waals surface area contributed by atoms with E-state index in [1.54, 1.807) is 6.07 Å². The highest BCUT2D eigenvalue weighted by Gasteiger charge is 2.41. The van der Waals surface area contributed by atoms with Crippen molar-refractivity contribution in [2.75, 3.05) is 26.2 Å². The first-order chi connectivity index (χ1) is 9.17. The molecule has 1 spiro atoms. The SMILES string of the molecule is Cl.O=C(Cc1cccc(F)c1)N1CCC2(CCNC2)C1. The van der Waals surface area contributed by atoms with Crippen LogP contribution in [0.5, 0.6) is 0 Å². The fraction of sp³-hybridized carbons (Fsp3) is 0.533. The molecule has 1 unspecified atom stereocenters. The van der Waals surface area contributed by atoms with Gasteiger partial charge in [0.05, 0.1) is 6.42 Å². The summed E-state index contributed by atoms with van der Waals surface area (Å²) in [6.07, 6.45) is 2.56. The van der Waals surface area contributed by atoms with Crippen molar-refractivity contribution in [3.05, 3.63) is 35.6 Å². The van der Waals surface area contributed by atoms with Gasteiger partial charge in [-0.1, -0.05) is 12.1 Å². The standard InChI is InChI=1S/C15H19FN2O.ClH/c16-13-3-1-2-12(8-13)9-14(19)18-7-5-15(11-18)4-6-17-10-15;/h1-3,8,17H,4-7,9-11H2;1H. The topological polar surface area (TPSA) is 32.3 Å². The molecule has 20 heavy (non-hydrogen) atoms. The Kier molecular flexibility index (Phi) is 4.66. The molecule has 1 aromatic carbocycles. The van der Waals surface area contributed by atoms with Crippen LogP contribution in [0.25, 0.3) is 0 Å². The minimum Gasteiger partial charge on any atom is -0.342 e. The van der Waals surface area contributed by atoms with Gasteiger partial charge in [-0.3, -0.25) is 4.79 Å². The van der Waals surface area contributed by atoms with Gasteiger partial charge in [-0.2, -0.15) is 0 Å². The zero-order chi connectivity index (χ0) is 13.3. The van der Waals surface area contributed by atoms with Gasteiger partial charge in [0.15, 0.2) is 0 Å². The summed E-state index contributed by atoms with van der Waals surface area (Å²) in [5, 5.41) is 3.38. The minimum absolute atomic E-state index is 0. The molecule has 2 aliphatic heterocycles. The Hall–Kier alpha value is -1.13. The lowest BCUT2D eigenvalue weighted by Crippen LogP contribution is -2.34. The van der Waals surface area contributed by atoms with Gasteiger partial charge in [0.25, 0.3) is 0 Å². The molecular formula is C15H20ClFN2O. The largest absolute Gasteiger partial charge is 0.342 e. The van der Waals surface area contributed by atoms with Crippen molar-refractivity contribution in [2.45, 2.75) is 19.3 Å². The van der Waals surface area contributed by atoms with E-state index >= 15 is 0 Å². The number of amides is 1. The third-order valence-electron chi connectivity index (χ3n) is 4.37. The number of nitrogens with zero attached hydrogens (tertiary/aromatic N) is 1. The molecule has 1 N–H and O–H groups in total. The molecule has 1 aromatic rings. The van der Waals surface area contributed by atoms with Crippen molar-refractivity contribution < 1.29 is 9.18 Å². The van der Waals surface area contributed by atoms with Crippen LogP contribution >= 0.6 is 12.4 Å². The maximum Gasteiger partial charge on any atom is 0.227 e. The normalized spacial score (nSPS) is 24.9. The fourth-order valence-corrected chi connectivity index (χ4v) is 3.23. The van der Waals surface area contributed by atoms with Gasteiger partial charge >= 0.3 is 0 Å². The van der Waals surface area contributed by atoms with Gasteiger partial charge in [-0.25, -0.2) is 4.39 Å². The van der Waals surface area contributed by atoms with E-state index in [4.69, 9.17) is 0 Å². The highest BCUT2D eigenvalue weighted by atomic mass is 35.5. The molecule has 1 atom stereocenters. The summed E-state index contributed by atoms with van der Waals surface area (Å²) in [7, 11) is 0. The van der Waals surface area contributed by atoms with Crippen LogP contribution in [0.2, 0.25) is 0 Å². The summed E-state index contributed by atoms with van der Waals surface area (Å²) < 4.78 is 13.1.